The maximum atomic E-state index is 12.5. The summed E-state index contributed by atoms with van der Waals surface area (Å²) in [6.45, 7) is 4.04. The van der Waals surface area contributed by atoms with Crippen molar-refractivity contribution in [3.63, 3.8) is 0 Å². The maximum Gasteiger partial charge on any atom is 0.373 e. The third-order valence-electron chi connectivity index (χ3n) is 4.92. The van der Waals surface area contributed by atoms with Crippen LogP contribution in [0.5, 0.6) is 0 Å². The summed E-state index contributed by atoms with van der Waals surface area (Å²) in [5.74, 6) is 1.79. The molecule has 1 aromatic heterocycles. The van der Waals surface area contributed by atoms with Crippen LogP contribution in [0, 0.1) is 0 Å². The zero-order valence-corrected chi connectivity index (χ0v) is 19.3. The van der Waals surface area contributed by atoms with E-state index in [0.29, 0.717) is 5.69 Å². The molecule has 166 valence electrons. The van der Waals surface area contributed by atoms with Crippen LogP contribution in [0.3, 0.4) is 0 Å². The fraction of sp³-hybridized carbons (Fsp3) is 0.435. The molecule has 3 rings (SSSR count). The number of rotatable bonds is 8. The summed E-state index contributed by atoms with van der Waals surface area (Å²) in [4.78, 5) is 28.7. The van der Waals surface area contributed by atoms with Crippen LogP contribution in [0.1, 0.15) is 50.7 Å². The highest BCUT2D eigenvalue weighted by Crippen LogP contribution is 2.31. The summed E-state index contributed by atoms with van der Waals surface area (Å²) in [7, 11) is 0. The summed E-state index contributed by atoms with van der Waals surface area (Å²) in [5.41, 5.74) is 4.68. The van der Waals surface area contributed by atoms with Crippen LogP contribution in [0.4, 0.5) is 0 Å². The fourth-order valence-electron chi connectivity index (χ4n) is 3.38. The van der Waals surface area contributed by atoms with Gasteiger partial charge < -0.3 is 9.26 Å². The number of ether oxygens (including phenoxy) is 1. The lowest BCUT2D eigenvalue weighted by atomic mass is 9.96. The molecule has 0 saturated heterocycles. The molecule has 0 bridgehead atoms. The molecule has 6 nitrogen and oxygen atoms in total. The standard InChI is InChI=1S/C22H26ClNO3S.CO2/c1-3-28-14-16-8-10-17(11-9-16)22-18(13-26-24-22)12-21(25)27-15(2)19-6-4-5-7-20(19)23;2-1-3/h8-11,13,15H,3-7,12,14H2,1-2H3;. The molecule has 2 aromatic rings. The van der Waals surface area contributed by atoms with E-state index in [2.05, 4.69) is 24.2 Å². The molecule has 1 aromatic carbocycles. The van der Waals surface area contributed by atoms with Gasteiger partial charge >= 0.3 is 12.1 Å². The highest BCUT2D eigenvalue weighted by molar-refractivity contribution is 7.98. The predicted molar refractivity (Wildman–Crippen MR) is 119 cm³/mol. The third-order valence-corrected chi connectivity index (χ3v) is 6.30. The second-order valence-corrected chi connectivity index (χ2v) is 8.78. The quantitative estimate of drug-likeness (QED) is 0.474. The Balaban J connectivity index is 0.00000107. The van der Waals surface area contributed by atoms with Crippen LogP contribution in [-0.4, -0.2) is 29.1 Å². The monoisotopic (exact) mass is 463 g/mol. The van der Waals surface area contributed by atoms with Gasteiger partial charge in [0.15, 0.2) is 0 Å². The van der Waals surface area contributed by atoms with Gasteiger partial charge in [-0.2, -0.15) is 21.4 Å². The Bertz CT molecular complexity index is 916. The Morgan fingerprint density at radius 3 is 2.58 bits per heavy atom. The number of aromatic nitrogens is 1. The summed E-state index contributed by atoms with van der Waals surface area (Å²) in [6.07, 6.45) is 5.57. The van der Waals surface area contributed by atoms with Gasteiger partial charge in [0, 0.05) is 21.9 Å². The number of benzene rings is 1. The SMILES string of the molecule is CCSCc1ccc(-c2nocc2CC(=O)OC(C)C2=C(Cl)CCCC2)cc1.O=C=O. The molecular weight excluding hydrogens is 438 g/mol. The van der Waals surface area contributed by atoms with Gasteiger partial charge in [-0.05, 0) is 49.5 Å². The number of allylic oxidation sites excluding steroid dienone is 1. The molecule has 1 aliphatic rings. The number of hydrogen-bond donors (Lipinski definition) is 0. The topological polar surface area (TPSA) is 86.5 Å². The van der Waals surface area contributed by atoms with E-state index in [0.717, 1.165) is 58.9 Å². The lowest BCUT2D eigenvalue weighted by Crippen LogP contribution is -2.20. The molecule has 1 aliphatic carbocycles. The molecule has 31 heavy (non-hydrogen) atoms. The highest BCUT2D eigenvalue weighted by atomic mass is 35.5. The molecule has 1 heterocycles. The predicted octanol–water partition coefficient (Wildman–Crippen LogP) is 5.55. The summed E-state index contributed by atoms with van der Waals surface area (Å²) in [6, 6.07) is 8.23. The van der Waals surface area contributed by atoms with E-state index in [1.54, 1.807) is 0 Å². The van der Waals surface area contributed by atoms with E-state index >= 15 is 0 Å². The molecule has 8 heteroatoms. The molecule has 1 atom stereocenters. The van der Waals surface area contributed by atoms with Crippen molar-refractivity contribution in [2.45, 2.75) is 57.8 Å². The van der Waals surface area contributed by atoms with Crippen LogP contribution < -0.4 is 0 Å². The van der Waals surface area contributed by atoms with Crippen molar-refractivity contribution < 1.29 is 23.6 Å². The number of halogens is 1. The van der Waals surface area contributed by atoms with Gasteiger partial charge in [0.1, 0.15) is 18.1 Å². The third kappa shape index (κ3) is 7.69. The molecule has 0 fully saturated rings. The molecule has 0 aliphatic heterocycles. The number of esters is 1. The smallest absolute Gasteiger partial charge is 0.373 e. The zero-order valence-electron chi connectivity index (χ0n) is 17.7. The first kappa shape index (κ1) is 24.9. The molecule has 0 N–H and O–H groups in total. The molecule has 0 amide bonds. The minimum absolute atomic E-state index is 0.126. The van der Waals surface area contributed by atoms with Gasteiger partial charge in [0.2, 0.25) is 0 Å². The minimum Gasteiger partial charge on any atom is -0.458 e. The van der Waals surface area contributed by atoms with Gasteiger partial charge in [-0.25, -0.2) is 0 Å². The number of thioether (sulfide) groups is 1. The number of hydrogen-bond acceptors (Lipinski definition) is 7. The van der Waals surface area contributed by atoms with Crippen LogP contribution in [0.2, 0.25) is 0 Å². The first-order chi connectivity index (χ1) is 15.0. The largest absolute Gasteiger partial charge is 0.458 e. The molecule has 1 unspecified atom stereocenters. The Morgan fingerprint density at radius 2 is 1.94 bits per heavy atom. The van der Waals surface area contributed by atoms with E-state index in [1.165, 1.54) is 11.8 Å². The first-order valence-corrected chi connectivity index (χ1v) is 11.7. The van der Waals surface area contributed by atoms with Gasteiger partial charge in [0.25, 0.3) is 0 Å². The van der Waals surface area contributed by atoms with E-state index in [-0.39, 0.29) is 24.6 Å². The molecule has 0 spiro atoms. The summed E-state index contributed by atoms with van der Waals surface area (Å²) in [5, 5.41) is 4.94. The highest BCUT2D eigenvalue weighted by Gasteiger charge is 2.22. The fourth-order valence-corrected chi connectivity index (χ4v) is 4.39. The van der Waals surface area contributed by atoms with Crippen molar-refractivity contribution in [2.24, 2.45) is 0 Å². The van der Waals surface area contributed by atoms with E-state index in [9.17, 15) is 4.79 Å². The molecular formula is C23H26ClNO5S. The van der Waals surface area contributed by atoms with Crippen LogP contribution in [0.15, 0.2) is 45.7 Å². The average Bonchev–Trinajstić information content (AvgIpc) is 3.21. The van der Waals surface area contributed by atoms with Crippen LogP contribution in [-0.2, 0) is 31.3 Å². The van der Waals surface area contributed by atoms with E-state index in [1.807, 2.05) is 30.8 Å². The van der Waals surface area contributed by atoms with Crippen LogP contribution >= 0.6 is 23.4 Å². The van der Waals surface area contributed by atoms with E-state index in [4.69, 9.17) is 30.4 Å². The number of carbonyl (C=O) groups is 1. The maximum absolute atomic E-state index is 12.5. The Hall–Kier alpha value is -2.34. The number of carbonyl (C=O) groups excluding carboxylic acids is 3. The Morgan fingerprint density at radius 1 is 1.26 bits per heavy atom. The van der Waals surface area contributed by atoms with Crippen molar-refractivity contribution in [2.75, 3.05) is 5.75 Å². The van der Waals surface area contributed by atoms with Crippen LogP contribution in [0.25, 0.3) is 11.3 Å². The van der Waals surface area contributed by atoms with Crippen molar-refractivity contribution >= 4 is 35.5 Å². The second kappa shape index (κ2) is 13.2. The number of nitrogens with zero attached hydrogens (tertiary/aromatic N) is 1. The normalized spacial score (nSPS) is 14.3. The Kier molecular flexibility index (Phi) is 10.6. The van der Waals surface area contributed by atoms with Gasteiger partial charge in [-0.15, -0.1) is 0 Å². The zero-order chi connectivity index (χ0) is 22.6. The first-order valence-electron chi connectivity index (χ1n) is 10.2. The second-order valence-electron chi connectivity index (χ2n) is 7.05. The van der Waals surface area contributed by atoms with Crippen molar-refractivity contribution in [1.82, 2.24) is 5.16 Å². The lowest BCUT2D eigenvalue weighted by molar-refractivity contribution is -0.191. The molecule has 0 saturated carbocycles. The average molecular weight is 464 g/mol. The van der Waals surface area contributed by atoms with Crippen molar-refractivity contribution in [3.8, 4) is 11.3 Å². The van der Waals surface area contributed by atoms with Gasteiger partial charge in [-0.3, -0.25) is 4.79 Å². The summed E-state index contributed by atoms with van der Waals surface area (Å²) >= 11 is 8.20. The summed E-state index contributed by atoms with van der Waals surface area (Å²) < 4.78 is 10.8. The Labute approximate surface area is 191 Å². The van der Waals surface area contributed by atoms with Crippen molar-refractivity contribution in [1.29, 1.82) is 0 Å². The van der Waals surface area contributed by atoms with Gasteiger partial charge in [-0.1, -0.05) is 47.9 Å². The minimum atomic E-state index is -0.296. The van der Waals surface area contributed by atoms with Crippen molar-refractivity contribution in [3.05, 3.63) is 52.3 Å². The lowest BCUT2D eigenvalue weighted by Gasteiger charge is -2.22. The molecule has 0 radical (unpaired) electrons. The van der Waals surface area contributed by atoms with E-state index < -0.39 is 0 Å². The van der Waals surface area contributed by atoms with Gasteiger partial charge in [0.05, 0.1) is 6.42 Å².